The number of hydrogen-bond donors (Lipinski definition) is 2. The van der Waals surface area contributed by atoms with Crippen molar-refractivity contribution in [1.82, 2.24) is 20.6 Å². The number of aromatic nitrogens is 2. The van der Waals surface area contributed by atoms with Crippen molar-refractivity contribution in [3.63, 3.8) is 0 Å². The molecular formula is C27H35N5O3. The molecule has 35 heavy (non-hydrogen) atoms. The molecule has 8 heteroatoms. The number of amides is 2. The molecule has 0 saturated heterocycles. The molecule has 2 atom stereocenters. The van der Waals surface area contributed by atoms with Crippen molar-refractivity contribution >= 4 is 17.6 Å². The molecule has 2 aromatic heterocycles. The smallest absolute Gasteiger partial charge is 0.270 e. The van der Waals surface area contributed by atoms with E-state index >= 15 is 0 Å². The third kappa shape index (κ3) is 4.89. The van der Waals surface area contributed by atoms with Gasteiger partial charge in [0.1, 0.15) is 17.2 Å². The summed E-state index contributed by atoms with van der Waals surface area (Å²) < 4.78 is 5.16. The Balaban J connectivity index is 1.33. The minimum absolute atomic E-state index is 0.120. The number of pyridine rings is 2. The van der Waals surface area contributed by atoms with Crippen LogP contribution in [0.1, 0.15) is 65.2 Å². The predicted octanol–water partition coefficient (Wildman–Crippen LogP) is 3.12. The number of hydrogen-bond acceptors (Lipinski definition) is 6. The highest BCUT2D eigenvalue weighted by atomic mass is 16.5. The van der Waals surface area contributed by atoms with Crippen LogP contribution in [0.25, 0.3) is 0 Å². The van der Waals surface area contributed by atoms with E-state index in [0.717, 1.165) is 43.6 Å². The van der Waals surface area contributed by atoms with E-state index in [0.29, 0.717) is 36.4 Å². The molecule has 2 heterocycles. The Hall–Kier alpha value is -3.00. The van der Waals surface area contributed by atoms with Crippen molar-refractivity contribution in [3.05, 3.63) is 53.5 Å². The second-order valence-corrected chi connectivity index (χ2v) is 10.9. The fourth-order valence-corrected chi connectivity index (χ4v) is 6.94. The number of methoxy groups -OCH3 is 1. The molecule has 4 aliphatic carbocycles. The molecule has 2 aromatic rings. The molecule has 2 amide bonds. The van der Waals surface area contributed by atoms with Crippen LogP contribution in [0.15, 0.2) is 36.4 Å². The van der Waals surface area contributed by atoms with Gasteiger partial charge in [-0.05, 0) is 81.5 Å². The molecule has 0 spiro atoms. The minimum Gasteiger partial charge on any atom is -0.383 e. The summed E-state index contributed by atoms with van der Waals surface area (Å²) in [6, 6.07) is 11.1. The van der Waals surface area contributed by atoms with Gasteiger partial charge >= 0.3 is 0 Å². The van der Waals surface area contributed by atoms with E-state index in [1.54, 1.807) is 19.2 Å². The highest BCUT2D eigenvalue weighted by Gasteiger charge is 2.58. The number of carbonyl (C=O) groups excluding carboxylic acids is 2. The van der Waals surface area contributed by atoms with Crippen LogP contribution in [0.5, 0.6) is 0 Å². The second-order valence-electron chi connectivity index (χ2n) is 10.9. The monoisotopic (exact) mass is 477 g/mol. The Labute approximate surface area is 206 Å². The molecule has 186 valence electrons. The van der Waals surface area contributed by atoms with Crippen LogP contribution in [0.4, 0.5) is 5.82 Å². The van der Waals surface area contributed by atoms with Crippen molar-refractivity contribution < 1.29 is 14.3 Å². The fourth-order valence-electron chi connectivity index (χ4n) is 6.94. The lowest BCUT2D eigenvalue weighted by Gasteiger charge is -2.62. The zero-order chi connectivity index (χ0) is 24.6. The van der Waals surface area contributed by atoms with E-state index in [4.69, 9.17) is 4.74 Å². The molecule has 4 fully saturated rings. The van der Waals surface area contributed by atoms with E-state index in [9.17, 15) is 9.59 Å². The van der Waals surface area contributed by atoms with Crippen molar-refractivity contribution in [1.29, 1.82) is 0 Å². The number of likely N-dealkylation sites (N-methyl/N-ethyl adjacent to an activating group) is 1. The molecule has 4 bridgehead atoms. The number of ether oxygens (including phenoxy) is 1. The average molecular weight is 478 g/mol. The molecule has 0 aliphatic heterocycles. The summed E-state index contributed by atoms with van der Waals surface area (Å²) in [7, 11) is 3.61. The topological polar surface area (TPSA) is 96.5 Å². The first-order chi connectivity index (χ1) is 16.8. The van der Waals surface area contributed by atoms with Crippen LogP contribution in [0.2, 0.25) is 0 Å². The van der Waals surface area contributed by atoms with Gasteiger partial charge < -0.3 is 20.3 Å². The molecule has 0 radical (unpaired) electrons. The van der Waals surface area contributed by atoms with E-state index in [2.05, 4.69) is 20.6 Å². The van der Waals surface area contributed by atoms with Gasteiger partial charge in [-0.2, -0.15) is 0 Å². The summed E-state index contributed by atoms with van der Waals surface area (Å²) in [5, 5.41) is 6.75. The number of aryl methyl sites for hydroxylation is 1. The standard InChI is InChI=1S/C27H35N5O3/c1-18-6-4-7-21(28-18)24(33)30-26-13-19-12-20(14-26)16-27(15-19,17-26)31-25(34)22-8-5-9-23(29-22)32(2)10-11-35-3/h4-9,19-20H,10-17H2,1-3H3,(H,30,33)(H,31,34). The quantitative estimate of drug-likeness (QED) is 0.607. The number of carbonyl (C=O) groups is 2. The maximum absolute atomic E-state index is 13.4. The van der Waals surface area contributed by atoms with Gasteiger partial charge in [-0.3, -0.25) is 9.59 Å². The van der Waals surface area contributed by atoms with Crippen molar-refractivity contribution in [2.45, 2.75) is 56.5 Å². The highest BCUT2D eigenvalue weighted by Crippen LogP contribution is 2.57. The summed E-state index contributed by atoms with van der Waals surface area (Å²) in [6.45, 7) is 3.18. The van der Waals surface area contributed by atoms with E-state index < -0.39 is 0 Å². The van der Waals surface area contributed by atoms with Crippen LogP contribution in [-0.4, -0.2) is 60.2 Å². The summed E-state index contributed by atoms with van der Waals surface area (Å²) in [4.78, 5) is 37.5. The molecule has 8 nitrogen and oxygen atoms in total. The predicted molar refractivity (Wildman–Crippen MR) is 133 cm³/mol. The van der Waals surface area contributed by atoms with Gasteiger partial charge in [-0.1, -0.05) is 12.1 Å². The van der Waals surface area contributed by atoms with E-state index in [-0.39, 0.29) is 22.9 Å². The van der Waals surface area contributed by atoms with Gasteiger partial charge in [0.2, 0.25) is 0 Å². The van der Waals surface area contributed by atoms with Gasteiger partial charge in [0.05, 0.1) is 6.61 Å². The van der Waals surface area contributed by atoms with Gasteiger partial charge in [-0.25, -0.2) is 9.97 Å². The maximum Gasteiger partial charge on any atom is 0.270 e. The second kappa shape index (κ2) is 9.22. The lowest BCUT2D eigenvalue weighted by Crippen LogP contribution is -2.70. The summed E-state index contributed by atoms with van der Waals surface area (Å²) in [6.07, 6.45) is 5.79. The Morgan fingerprint density at radius 1 is 0.971 bits per heavy atom. The van der Waals surface area contributed by atoms with Crippen LogP contribution in [0, 0.1) is 18.8 Å². The third-order valence-corrected chi connectivity index (χ3v) is 7.93. The Morgan fingerprint density at radius 2 is 1.54 bits per heavy atom. The van der Waals surface area contributed by atoms with Crippen LogP contribution in [0.3, 0.4) is 0 Å². The number of rotatable bonds is 8. The number of anilines is 1. The normalized spacial score (nSPS) is 28.5. The van der Waals surface area contributed by atoms with Crippen molar-refractivity contribution in [2.24, 2.45) is 11.8 Å². The van der Waals surface area contributed by atoms with Crippen molar-refractivity contribution in [3.8, 4) is 0 Å². The molecule has 2 N–H and O–H groups in total. The first-order valence-corrected chi connectivity index (χ1v) is 12.5. The third-order valence-electron chi connectivity index (χ3n) is 7.93. The van der Waals surface area contributed by atoms with Gasteiger partial charge in [0.25, 0.3) is 11.8 Å². The highest BCUT2D eigenvalue weighted by molar-refractivity contribution is 5.94. The summed E-state index contributed by atoms with van der Waals surface area (Å²) in [5.41, 5.74) is 1.10. The molecular weight excluding hydrogens is 442 g/mol. The Bertz CT molecular complexity index is 1110. The molecule has 0 aromatic carbocycles. The maximum atomic E-state index is 13.4. The van der Waals surface area contributed by atoms with Gasteiger partial charge in [0, 0.05) is 37.5 Å². The first-order valence-electron chi connectivity index (χ1n) is 12.5. The minimum atomic E-state index is -0.311. The van der Waals surface area contributed by atoms with Crippen molar-refractivity contribution in [2.75, 3.05) is 32.2 Å². The fraction of sp³-hybridized carbons (Fsp3) is 0.556. The lowest BCUT2D eigenvalue weighted by molar-refractivity contribution is -0.0449. The Kier molecular flexibility index (Phi) is 6.25. The molecule has 4 aliphatic rings. The molecule has 6 rings (SSSR count). The van der Waals surface area contributed by atoms with Gasteiger partial charge in [-0.15, -0.1) is 0 Å². The molecule has 4 saturated carbocycles. The zero-order valence-electron chi connectivity index (χ0n) is 20.8. The number of nitrogens with zero attached hydrogens (tertiary/aromatic N) is 3. The first kappa shape index (κ1) is 23.7. The van der Waals surface area contributed by atoms with Crippen LogP contribution >= 0.6 is 0 Å². The van der Waals surface area contributed by atoms with Crippen LogP contribution < -0.4 is 15.5 Å². The number of nitrogens with one attached hydrogen (secondary N) is 2. The Morgan fingerprint density at radius 3 is 2.11 bits per heavy atom. The SMILES string of the molecule is COCCN(C)c1cccc(C(=O)NC23CC4CC(CC(NC(=O)c5cccc(C)n5)(C4)C2)C3)n1. The van der Waals surface area contributed by atoms with Gasteiger partial charge in [0.15, 0.2) is 0 Å². The largest absolute Gasteiger partial charge is 0.383 e. The molecule has 2 unspecified atom stereocenters. The summed E-state index contributed by atoms with van der Waals surface area (Å²) >= 11 is 0. The summed E-state index contributed by atoms with van der Waals surface area (Å²) in [5.74, 6) is 1.49. The lowest BCUT2D eigenvalue weighted by atomic mass is 9.49. The van der Waals surface area contributed by atoms with E-state index in [1.165, 1.54) is 6.42 Å². The average Bonchev–Trinajstić information content (AvgIpc) is 2.81. The van der Waals surface area contributed by atoms with E-state index in [1.807, 2.05) is 43.1 Å². The van der Waals surface area contributed by atoms with Crippen LogP contribution in [-0.2, 0) is 4.74 Å². The zero-order valence-corrected chi connectivity index (χ0v) is 20.8.